The largest absolute Gasteiger partial charge is 0.433 e. The third-order valence-corrected chi connectivity index (χ3v) is 0.766. The predicted molar refractivity (Wildman–Crippen MR) is 27.5 cm³/mol. The molecular formula is H3BrO11S2. The predicted octanol–water partition coefficient (Wildman–Crippen LogP) is -4.39. The average molecular weight is 323 g/mol. The van der Waals surface area contributed by atoms with Crippen molar-refractivity contribution >= 4 is 20.8 Å². The molecule has 0 aromatic rings. The lowest BCUT2D eigenvalue weighted by molar-refractivity contribution is -1.63. The van der Waals surface area contributed by atoms with Gasteiger partial charge in [-0.2, -0.15) is 16.8 Å². The monoisotopic (exact) mass is 322 g/mol. The molecule has 0 saturated heterocycles. The maximum Gasteiger partial charge on any atom is 0.433 e. The first-order valence-corrected chi connectivity index (χ1v) is 6.74. The Morgan fingerprint density at radius 2 is 1.07 bits per heavy atom. The van der Waals surface area contributed by atoms with Crippen LogP contribution in [0.15, 0.2) is 0 Å². The second-order valence-corrected chi connectivity index (χ2v) is 4.02. The molecule has 0 radical (unpaired) electrons. The normalized spacial score (nSPS) is 12.1. The summed E-state index contributed by atoms with van der Waals surface area (Å²) >= 11 is -3.40. The molecule has 0 aliphatic heterocycles. The van der Waals surface area contributed by atoms with Gasteiger partial charge in [-0.25, -0.2) is 0 Å². The van der Waals surface area contributed by atoms with Crippen LogP contribution in [0.1, 0.15) is 0 Å². The highest BCUT2D eigenvalue weighted by Crippen LogP contribution is 1.92. The molecule has 0 rings (SSSR count). The summed E-state index contributed by atoms with van der Waals surface area (Å²) in [6, 6.07) is 0. The van der Waals surface area contributed by atoms with Gasteiger partial charge < -0.3 is 8.40 Å². The highest BCUT2D eigenvalue weighted by Gasteiger charge is 2.13. The molecule has 0 aromatic carbocycles. The van der Waals surface area contributed by atoms with Crippen molar-refractivity contribution in [3.63, 3.8) is 0 Å². The standard InChI is InChI=1S/BrHO3.H2O8S2/c2-1(3)4;1-9(2,3)7-8-10(4,5)6/h2H;(H,1,2,3)(H,4,5,6). The lowest BCUT2D eigenvalue weighted by Crippen LogP contribution is -2.30. The summed E-state index contributed by atoms with van der Waals surface area (Å²) in [5.41, 5.74) is 0. The van der Waals surface area contributed by atoms with E-state index >= 15 is 0 Å². The van der Waals surface area contributed by atoms with Gasteiger partial charge in [0, 0.05) is 0 Å². The van der Waals surface area contributed by atoms with E-state index in [0.717, 1.165) is 0 Å². The van der Waals surface area contributed by atoms with Gasteiger partial charge in [0.15, 0.2) is 0 Å². The van der Waals surface area contributed by atoms with Gasteiger partial charge >= 0.3 is 35.6 Å². The van der Waals surface area contributed by atoms with E-state index in [0.29, 0.717) is 0 Å². The van der Waals surface area contributed by atoms with E-state index in [1.807, 2.05) is 0 Å². The van der Waals surface area contributed by atoms with E-state index in [4.69, 9.17) is 21.7 Å². The fourth-order valence-corrected chi connectivity index (χ4v) is 0.632. The molecule has 0 amide bonds. The van der Waals surface area contributed by atoms with Crippen molar-refractivity contribution in [3.8, 4) is 0 Å². The number of hydrogen-bond acceptors (Lipinski definition) is 9. The van der Waals surface area contributed by atoms with E-state index in [1.54, 1.807) is 0 Å². The van der Waals surface area contributed by atoms with Gasteiger partial charge in [-0.3, -0.25) is 9.11 Å². The first-order chi connectivity index (χ1) is 5.94. The fourth-order valence-electron chi connectivity index (χ4n) is 0.0702. The van der Waals surface area contributed by atoms with E-state index in [9.17, 15) is 16.8 Å². The topological polar surface area (TPSA) is 194 Å². The van der Waals surface area contributed by atoms with Crippen LogP contribution < -0.4 is 8.40 Å². The Morgan fingerprint density at radius 3 is 1.14 bits per heavy atom. The van der Waals surface area contributed by atoms with Gasteiger partial charge in [-0.1, -0.05) is 8.67 Å². The minimum absolute atomic E-state index is 2.78. The highest BCUT2D eigenvalue weighted by atomic mass is 80.0. The van der Waals surface area contributed by atoms with Crippen molar-refractivity contribution in [2.45, 2.75) is 0 Å². The summed E-state index contributed by atoms with van der Waals surface area (Å²) in [5, 5.41) is 0. The Labute approximate surface area is 83.2 Å². The SMILES string of the molecule is O=S(=O)(O)OOS(=O)(=O)O.[O-][Br+2]([O-])O. The van der Waals surface area contributed by atoms with Crippen LogP contribution in [0.25, 0.3) is 0 Å². The zero-order valence-electron chi connectivity index (χ0n) is 5.80. The summed E-state index contributed by atoms with van der Waals surface area (Å²) in [6.45, 7) is 0. The van der Waals surface area contributed by atoms with Crippen LogP contribution in [-0.2, 0) is 29.5 Å². The van der Waals surface area contributed by atoms with Gasteiger partial charge in [0.05, 0.1) is 0 Å². The molecule has 0 spiro atoms. The Kier molecular flexibility index (Phi) is 7.74. The molecule has 3 N–H and O–H groups in total. The molecule has 0 atom stereocenters. The van der Waals surface area contributed by atoms with Crippen LogP contribution in [-0.4, -0.2) is 30.1 Å². The molecule has 11 nitrogen and oxygen atoms in total. The summed E-state index contributed by atoms with van der Waals surface area (Å²) < 4.78 is 83.2. The summed E-state index contributed by atoms with van der Waals surface area (Å²) in [7, 11) is -10.0. The Balaban J connectivity index is 0. The quantitative estimate of drug-likeness (QED) is 0.258. The number of rotatable bonds is 3. The number of hydrogen-bond donors (Lipinski definition) is 3. The van der Waals surface area contributed by atoms with Crippen molar-refractivity contribution in [1.29, 1.82) is 0 Å². The Morgan fingerprint density at radius 1 is 0.929 bits per heavy atom. The molecule has 0 aliphatic rings. The fraction of sp³-hybridized carbons (Fsp3) is 0. The van der Waals surface area contributed by atoms with Crippen molar-refractivity contribution in [1.82, 2.24) is 0 Å². The Bertz CT molecular complexity index is 284. The molecule has 0 aliphatic carbocycles. The molecule has 0 unspecified atom stereocenters. The van der Waals surface area contributed by atoms with Crippen LogP contribution in [0, 0.1) is 14.8 Å². The van der Waals surface area contributed by atoms with Crippen molar-refractivity contribution in [2.75, 3.05) is 0 Å². The summed E-state index contributed by atoms with van der Waals surface area (Å²) in [4.78, 5) is 0. The molecule has 0 bridgehead atoms. The zero-order valence-corrected chi connectivity index (χ0v) is 9.02. The lowest BCUT2D eigenvalue weighted by Gasteiger charge is -1.92. The van der Waals surface area contributed by atoms with Gasteiger partial charge in [0.2, 0.25) is 0 Å². The van der Waals surface area contributed by atoms with Crippen LogP contribution in [0.2, 0.25) is 0 Å². The first-order valence-electron chi connectivity index (χ1n) is 2.01. The average Bonchev–Trinajstić information content (AvgIpc) is 1.79. The van der Waals surface area contributed by atoms with Crippen LogP contribution in [0.4, 0.5) is 0 Å². The minimum Gasteiger partial charge on any atom is -0.372 e. The van der Waals surface area contributed by atoms with Crippen molar-refractivity contribution in [3.05, 3.63) is 0 Å². The van der Waals surface area contributed by atoms with Gasteiger partial charge in [0.25, 0.3) is 0 Å². The van der Waals surface area contributed by atoms with E-state index < -0.39 is 35.6 Å². The molecule has 14 heavy (non-hydrogen) atoms. The van der Waals surface area contributed by atoms with Gasteiger partial charge in [-0.15, -0.1) is 0 Å². The minimum atomic E-state index is -5.02. The second-order valence-electron chi connectivity index (χ2n) is 1.19. The summed E-state index contributed by atoms with van der Waals surface area (Å²) in [6.07, 6.45) is 0. The van der Waals surface area contributed by atoms with Crippen LogP contribution in [0.3, 0.4) is 0 Å². The molecule has 88 valence electrons. The third-order valence-electron chi connectivity index (χ3n) is 0.200. The first kappa shape index (κ1) is 16.5. The zero-order chi connectivity index (χ0) is 12.0. The second kappa shape index (κ2) is 6.56. The lowest BCUT2D eigenvalue weighted by atomic mass is 14.9. The van der Waals surface area contributed by atoms with Gasteiger partial charge in [0.1, 0.15) is 0 Å². The molecular weight excluding hydrogens is 320 g/mol. The Hall–Kier alpha value is 0.1000. The molecule has 0 fully saturated rings. The highest BCUT2D eigenvalue weighted by molar-refractivity contribution is 7.83. The van der Waals surface area contributed by atoms with Crippen LogP contribution in [0.5, 0.6) is 0 Å². The smallest absolute Gasteiger partial charge is 0.372 e. The van der Waals surface area contributed by atoms with E-state index in [1.165, 1.54) is 0 Å². The van der Waals surface area contributed by atoms with Gasteiger partial charge in [-0.05, 0) is 4.20 Å². The summed E-state index contributed by atoms with van der Waals surface area (Å²) in [5.74, 6) is 0. The van der Waals surface area contributed by atoms with E-state index in [-0.39, 0.29) is 0 Å². The maximum atomic E-state index is 9.51. The molecule has 0 saturated carbocycles. The van der Waals surface area contributed by atoms with Crippen molar-refractivity contribution in [2.24, 2.45) is 0 Å². The van der Waals surface area contributed by atoms with E-state index in [2.05, 4.69) is 8.67 Å². The van der Waals surface area contributed by atoms with Crippen LogP contribution >= 0.6 is 0 Å². The maximum absolute atomic E-state index is 9.51. The molecule has 14 heteroatoms. The third kappa shape index (κ3) is 29.6. The number of halogens is 1. The van der Waals surface area contributed by atoms with Crippen molar-refractivity contribution < 1.29 is 62.0 Å². The molecule has 0 heterocycles. The molecule has 0 aromatic heterocycles.